The SMILES string of the molecule is [2H]c1c([2H])c([2H])c(-c2c3ccccc3c(-c3ccc(-c4ccc5oc6ccc(-c7cccc(-c8ccccc8)c7)cc6c5c4)cc3)c3ccccc23)c([2H])c1[2H].[2H]c1c([2H])c([2H])c(-c2c3ccccc3c(-c3ccc(-c4ccc5oc6ccccc6c5c4-c4ccccn4)cc3)c3ccccc23)c([2H])c1[2H]. The summed E-state index contributed by atoms with van der Waals surface area (Å²) in [5.41, 5.74) is 19.8. The number of rotatable bonds is 9. The second-order valence-corrected chi connectivity index (χ2v) is 24.0. The van der Waals surface area contributed by atoms with Gasteiger partial charge in [-0.15, -0.1) is 0 Å². The number of hydrogen-bond acceptors (Lipinski definition) is 3. The maximum absolute atomic E-state index is 8.84. The molecule has 0 aliphatic heterocycles. The molecule has 0 saturated heterocycles. The lowest BCUT2D eigenvalue weighted by atomic mass is 9.85. The van der Waals surface area contributed by atoms with Gasteiger partial charge in [-0.2, -0.15) is 0 Å². The van der Waals surface area contributed by atoms with E-state index in [0.717, 1.165) is 154 Å². The molecule has 0 spiro atoms. The Morgan fingerprint density at radius 3 is 1.07 bits per heavy atom. The van der Waals surface area contributed by atoms with Gasteiger partial charge in [0.1, 0.15) is 22.3 Å². The third-order valence-electron chi connectivity index (χ3n) is 18.6. The molecule has 19 aromatic rings. The van der Waals surface area contributed by atoms with Crippen LogP contribution in [0.15, 0.2) is 367 Å². The van der Waals surface area contributed by atoms with E-state index in [9.17, 15) is 0 Å². The molecule has 0 saturated carbocycles. The molecule has 0 aliphatic carbocycles. The third-order valence-corrected chi connectivity index (χ3v) is 18.6. The molecule has 0 amide bonds. The molecular formula is C93H59NO2. The molecule has 3 heteroatoms. The lowest BCUT2D eigenvalue weighted by Crippen LogP contribution is -1.91. The van der Waals surface area contributed by atoms with Gasteiger partial charge >= 0.3 is 0 Å². The molecule has 0 aliphatic rings. The molecule has 16 aromatic carbocycles. The van der Waals surface area contributed by atoms with E-state index in [0.29, 0.717) is 11.1 Å². The number of para-hydroxylation sites is 1. The van der Waals surface area contributed by atoms with Crippen LogP contribution in [-0.2, 0) is 0 Å². The van der Waals surface area contributed by atoms with Gasteiger partial charge in [-0.1, -0.05) is 291 Å². The highest BCUT2D eigenvalue weighted by Crippen LogP contribution is 2.48. The molecule has 96 heavy (non-hydrogen) atoms. The largest absolute Gasteiger partial charge is 0.456 e. The summed E-state index contributed by atoms with van der Waals surface area (Å²) >= 11 is 0. The number of furan rings is 2. The van der Waals surface area contributed by atoms with Crippen LogP contribution in [-0.4, -0.2) is 4.98 Å². The minimum atomic E-state index is -0.402. The summed E-state index contributed by atoms with van der Waals surface area (Å²) in [6.45, 7) is 0. The molecule has 19 rings (SSSR count). The molecule has 0 N–H and O–H groups in total. The molecule has 0 unspecified atom stereocenters. The van der Waals surface area contributed by atoms with E-state index in [1.165, 1.54) is 11.1 Å². The molecule has 0 radical (unpaired) electrons. The van der Waals surface area contributed by atoms with Crippen molar-refractivity contribution in [2.45, 2.75) is 0 Å². The van der Waals surface area contributed by atoms with Crippen LogP contribution >= 0.6 is 0 Å². The van der Waals surface area contributed by atoms with Gasteiger partial charge in [-0.25, -0.2) is 0 Å². The first-order chi connectivity index (χ1) is 51.8. The number of hydrogen-bond donors (Lipinski definition) is 0. The first kappa shape index (κ1) is 46.4. The second kappa shape index (κ2) is 23.8. The molecule has 448 valence electrons. The molecule has 0 atom stereocenters. The summed E-state index contributed by atoms with van der Waals surface area (Å²) in [6.07, 6.45) is 1.81. The van der Waals surface area contributed by atoms with Crippen molar-refractivity contribution < 1.29 is 22.5 Å². The normalized spacial score (nSPS) is 13.0. The quantitative estimate of drug-likeness (QED) is 0.135. The summed E-state index contributed by atoms with van der Waals surface area (Å²) in [7, 11) is 0. The lowest BCUT2D eigenvalue weighted by molar-refractivity contribution is 0.668. The van der Waals surface area contributed by atoms with E-state index in [4.69, 9.17) is 27.5 Å². The van der Waals surface area contributed by atoms with Gasteiger partial charge in [-0.05, 0) is 193 Å². The van der Waals surface area contributed by atoms with Crippen LogP contribution < -0.4 is 0 Å². The summed E-state index contributed by atoms with van der Waals surface area (Å²) < 4.78 is 97.9. The minimum absolute atomic E-state index is 0.203. The molecule has 3 aromatic heterocycles. The van der Waals surface area contributed by atoms with Crippen molar-refractivity contribution >= 4 is 87.0 Å². The zero-order valence-electron chi connectivity index (χ0n) is 61.6. The van der Waals surface area contributed by atoms with E-state index in [1.54, 1.807) is 0 Å². The van der Waals surface area contributed by atoms with Crippen LogP contribution in [0.1, 0.15) is 13.7 Å². The van der Waals surface area contributed by atoms with Gasteiger partial charge in [0, 0.05) is 33.3 Å². The van der Waals surface area contributed by atoms with Crippen LogP contribution in [0.2, 0.25) is 0 Å². The molecule has 0 fully saturated rings. The van der Waals surface area contributed by atoms with E-state index in [2.05, 4.69) is 140 Å². The number of aromatic nitrogens is 1. The Balaban J connectivity index is 0.000000151. The van der Waals surface area contributed by atoms with Crippen molar-refractivity contribution in [3.63, 3.8) is 0 Å². The summed E-state index contributed by atoms with van der Waals surface area (Å²) in [6, 6.07) is 95.8. The van der Waals surface area contributed by atoms with Crippen LogP contribution in [0.25, 0.3) is 187 Å². The first-order valence-corrected chi connectivity index (χ1v) is 32.0. The standard InChI is InChI=1S/C50H32O.C43H27NO/c1-3-12-33(13-4-1)37-16-11-17-38(30-37)40-27-29-48-46(32-40)45-31-39(26-28-47(45)51-48)34-22-24-36(25-23-34)50-43-20-9-7-18-41(43)49(35-14-5-2-6-15-35)42-19-8-10-21-44(42)50;1-2-12-29(13-3-1)40-32-14-4-6-16-34(32)41(35-17-7-5-15-33(35)40)30-23-21-28(22-24-30)31-25-26-39-43(36-18-8-9-20-38(36)45-39)42(31)37-19-10-11-27-44-37/h1-32H;1-27H/i2D,5D,6D,14D,15D;1D,2D,3D,12D,13D. The van der Waals surface area contributed by atoms with Crippen LogP contribution in [0.3, 0.4) is 0 Å². The maximum atomic E-state index is 8.84. The highest BCUT2D eigenvalue weighted by atomic mass is 16.3. The Bertz CT molecular complexity index is 6640. The van der Waals surface area contributed by atoms with Crippen molar-refractivity contribution in [1.82, 2.24) is 4.98 Å². The average Bonchev–Trinajstić information content (AvgIpc) is 0.948. The van der Waals surface area contributed by atoms with E-state index >= 15 is 0 Å². The predicted octanol–water partition coefficient (Wildman–Crippen LogP) is 26.2. The number of fused-ring (bicyclic) bond motifs is 10. The van der Waals surface area contributed by atoms with Crippen LogP contribution in [0.4, 0.5) is 0 Å². The van der Waals surface area contributed by atoms with Crippen LogP contribution in [0, 0.1) is 0 Å². The number of nitrogens with zero attached hydrogens (tertiary/aromatic N) is 1. The Morgan fingerprint density at radius 2 is 0.573 bits per heavy atom. The van der Waals surface area contributed by atoms with E-state index < -0.39 is 12.1 Å². The molecule has 3 nitrogen and oxygen atoms in total. The van der Waals surface area contributed by atoms with Gasteiger partial charge in [-0.3, -0.25) is 4.98 Å². The summed E-state index contributed by atoms with van der Waals surface area (Å²) in [5, 5.41) is 11.2. The Hall–Kier alpha value is -12.7. The summed E-state index contributed by atoms with van der Waals surface area (Å²) in [4.78, 5) is 4.76. The maximum Gasteiger partial charge on any atom is 0.136 e. The van der Waals surface area contributed by atoms with Gasteiger partial charge in [0.25, 0.3) is 0 Å². The highest BCUT2D eigenvalue weighted by molar-refractivity contribution is 6.23. The Kier molecular flexibility index (Phi) is 11.5. The minimum Gasteiger partial charge on any atom is -0.456 e. The zero-order valence-corrected chi connectivity index (χ0v) is 51.6. The summed E-state index contributed by atoms with van der Waals surface area (Å²) in [5.74, 6) is 0. The van der Waals surface area contributed by atoms with Gasteiger partial charge < -0.3 is 8.83 Å². The molecule has 3 heterocycles. The monoisotopic (exact) mass is 1230 g/mol. The third kappa shape index (κ3) is 9.80. The van der Waals surface area contributed by atoms with Gasteiger partial charge in [0.2, 0.25) is 0 Å². The average molecular weight is 1230 g/mol. The fourth-order valence-electron chi connectivity index (χ4n) is 14.3. The van der Waals surface area contributed by atoms with E-state index in [-0.39, 0.29) is 59.5 Å². The Morgan fingerprint density at radius 1 is 0.219 bits per heavy atom. The van der Waals surface area contributed by atoms with E-state index in [1.807, 2.05) is 158 Å². The fraction of sp³-hybridized carbons (Fsp3) is 0. The predicted molar refractivity (Wildman–Crippen MR) is 404 cm³/mol. The smallest absolute Gasteiger partial charge is 0.136 e. The molecule has 0 bridgehead atoms. The van der Waals surface area contributed by atoms with Crippen molar-refractivity contribution in [3.8, 4) is 100 Å². The lowest BCUT2D eigenvalue weighted by Gasteiger charge is -2.18. The number of benzene rings is 16. The van der Waals surface area contributed by atoms with Crippen LogP contribution in [0.5, 0.6) is 0 Å². The van der Waals surface area contributed by atoms with Gasteiger partial charge in [0.05, 0.1) is 19.4 Å². The van der Waals surface area contributed by atoms with Gasteiger partial charge in [0.15, 0.2) is 0 Å². The number of pyridine rings is 1. The Labute approximate surface area is 569 Å². The topological polar surface area (TPSA) is 39.2 Å². The van der Waals surface area contributed by atoms with Crippen molar-refractivity contribution in [2.75, 3.05) is 0 Å². The van der Waals surface area contributed by atoms with Crippen molar-refractivity contribution in [1.29, 1.82) is 0 Å². The fourth-order valence-corrected chi connectivity index (χ4v) is 14.3. The van der Waals surface area contributed by atoms with Crippen molar-refractivity contribution in [3.05, 3.63) is 358 Å². The second-order valence-electron chi connectivity index (χ2n) is 24.0. The zero-order chi connectivity index (χ0) is 72.2. The highest BCUT2D eigenvalue weighted by Gasteiger charge is 2.22. The van der Waals surface area contributed by atoms with Crippen molar-refractivity contribution in [2.24, 2.45) is 0 Å². The molecular weight excluding hydrogens is 1160 g/mol. The first-order valence-electron chi connectivity index (χ1n) is 37.0.